The lowest BCUT2D eigenvalue weighted by Gasteiger charge is -2.32. The highest BCUT2D eigenvalue weighted by Crippen LogP contribution is 2.15. The molecule has 0 aromatic heterocycles. The van der Waals surface area contributed by atoms with Crippen LogP contribution >= 0.6 is 15.9 Å². The van der Waals surface area contributed by atoms with E-state index in [1.165, 1.54) is 11.8 Å². The van der Waals surface area contributed by atoms with E-state index in [0.29, 0.717) is 25.2 Å². The lowest BCUT2D eigenvalue weighted by Crippen LogP contribution is -2.47. The standard InChI is InChI=1S/C15H23BrN2O2S/c1-12(11-13-3-5-14(16)6-4-13)17-15-7-9-18(10-8-15)21(2,19)20/h3-6,12,15,17H,7-11H2,1-2H3. The number of benzene rings is 1. The molecule has 1 fully saturated rings. The van der Waals surface area contributed by atoms with Crippen LogP contribution in [0, 0.1) is 0 Å². The van der Waals surface area contributed by atoms with E-state index in [1.807, 2.05) is 0 Å². The molecule has 6 heteroatoms. The summed E-state index contributed by atoms with van der Waals surface area (Å²) in [5.41, 5.74) is 1.31. The first-order chi connectivity index (χ1) is 9.84. The summed E-state index contributed by atoms with van der Waals surface area (Å²) in [7, 11) is -3.03. The maximum Gasteiger partial charge on any atom is 0.211 e. The van der Waals surface area contributed by atoms with Crippen molar-refractivity contribution < 1.29 is 8.42 Å². The molecule has 0 spiro atoms. The average Bonchev–Trinajstić information content (AvgIpc) is 2.41. The summed E-state index contributed by atoms with van der Waals surface area (Å²) in [5, 5.41) is 3.62. The number of nitrogens with zero attached hydrogens (tertiary/aromatic N) is 1. The van der Waals surface area contributed by atoms with Crippen molar-refractivity contribution in [2.45, 2.75) is 38.3 Å². The highest BCUT2D eigenvalue weighted by molar-refractivity contribution is 9.10. The molecule has 1 atom stereocenters. The van der Waals surface area contributed by atoms with Crippen molar-refractivity contribution >= 4 is 26.0 Å². The van der Waals surface area contributed by atoms with Crippen LogP contribution in [0.2, 0.25) is 0 Å². The van der Waals surface area contributed by atoms with Crippen molar-refractivity contribution in [1.82, 2.24) is 9.62 Å². The predicted octanol–water partition coefficient (Wildman–Crippen LogP) is 2.39. The molecule has 2 rings (SSSR count). The third-order valence-corrected chi connectivity index (χ3v) is 5.73. The fourth-order valence-corrected chi connectivity index (χ4v) is 3.93. The molecular formula is C15H23BrN2O2S. The lowest BCUT2D eigenvalue weighted by molar-refractivity contribution is 0.277. The van der Waals surface area contributed by atoms with Crippen molar-refractivity contribution in [1.29, 1.82) is 0 Å². The quantitative estimate of drug-likeness (QED) is 0.860. The highest BCUT2D eigenvalue weighted by atomic mass is 79.9. The number of rotatable bonds is 5. The van der Waals surface area contributed by atoms with Crippen LogP contribution in [0.25, 0.3) is 0 Å². The van der Waals surface area contributed by atoms with Gasteiger partial charge in [0, 0.05) is 29.6 Å². The van der Waals surface area contributed by atoms with E-state index in [0.717, 1.165) is 23.7 Å². The SMILES string of the molecule is CC(Cc1ccc(Br)cc1)NC1CCN(S(C)(=O)=O)CC1. The van der Waals surface area contributed by atoms with E-state index in [1.54, 1.807) is 4.31 Å². The Morgan fingerprint density at radius 3 is 2.38 bits per heavy atom. The molecule has 21 heavy (non-hydrogen) atoms. The van der Waals surface area contributed by atoms with Gasteiger partial charge in [-0.15, -0.1) is 0 Å². The van der Waals surface area contributed by atoms with Gasteiger partial charge in [-0.1, -0.05) is 28.1 Å². The molecule has 1 aliphatic heterocycles. The van der Waals surface area contributed by atoms with Gasteiger partial charge >= 0.3 is 0 Å². The van der Waals surface area contributed by atoms with Crippen LogP contribution in [0.3, 0.4) is 0 Å². The predicted molar refractivity (Wildman–Crippen MR) is 89.9 cm³/mol. The molecule has 1 unspecified atom stereocenters. The highest BCUT2D eigenvalue weighted by Gasteiger charge is 2.25. The number of hydrogen-bond acceptors (Lipinski definition) is 3. The minimum Gasteiger partial charge on any atom is -0.311 e. The van der Waals surface area contributed by atoms with Crippen LogP contribution < -0.4 is 5.32 Å². The third-order valence-electron chi connectivity index (χ3n) is 3.90. The Bertz CT molecular complexity index is 552. The Balaban J connectivity index is 1.79. The first-order valence-electron chi connectivity index (χ1n) is 7.30. The Kier molecular flexibility index (Phi) is 5.82. The van der Waals surface area contributed by atoms with Gasteiger partial charge < -0.3 is 5.32 Å². The third kappa shape index (κ3) is 5.36. The van der Waals surface area contributed by atoms with Gasteiger partial charge in [-0.2, -0.15) is 0 Å². The van der Waals surface area contributed by atoms with Gasteiger partial charge in [0.25, 0.3) is 0 Å². The van der Waals surface area contributed by atoms with Crippen LogP contribution in [-0.2, 0) is 16.4 Å². The second kappa shape index (κ2) is 7.22. The Hall–Kier alpha value is -0.430. The smallest absolute Gasteiger partial charge is 0.211 e. The summed E-state index contributed by atoms with van der Waals surface area (Å²) in [6.45, 7) is 3.44. The van der Waals surface area contributed by atoms with Gasteiger partial charge in [-0.25, -0.2) is 12.7 Å². The van der Waals surface area contributed by atoms with E-state index in [9.17, 15) is 8.42 Å². The van der Waals surface area contributed by atoms with Crippen molar-refractivity contribution in [2.75, 3.05) is 19.3 Å². The maximum atomic E-state index is 11.5. The molecule has 0 radical (unpaired) electrons. The fraction of sp³-hybridized carbons (Fsp3) is 0.600. The zero-order valence-corrected chi connectivity index (χ0v) is 15.0. The molecule has 0 saturated carbocycles. The molecule has 1 aromatic rings. The molecule has 1 saturated heterocycles. The Morgan fingerprint density at radius 1 is 1.29 bits per heavy atom. The van der Waals surface area contributed by atoms with E-state index in [2.05, 4.69) is 52.4 Å². The molecule has 0 aliphatic carbocycles. The molecular weight excluding hydrogens is 352 g/mol. The van der Waals surface area contributed by atoms with Gasteiger partial charge in [0.05, 0.1) is 6.26 Å². The van der Waals surface area contributed by atoms with Crippen LogP contribution in [0.1, 0.15) is 25.3 Å². The molecule has 0 bridgehead atoms. The van der Waals surface area contributed by atoms with Gasteiger partial charge in [0.1, 0.15) is 0 Å². The van der Waals surface area contributed by atoms with Crippen molar-refractivity contribution in [3.63, 3.8) is 0 Å². The molecule has 1 N–H and O–H groups in total. The van der Waals surface area contributed by atoms with Gasteiger partial charge in [0.2, 0.25) is 10.0 Å². The molecule has 4 nitrogen and oxygen atoms in total. The monoisotopic (exact) mass is 374 g/mol. The molecule has 1 aliphatic rings. The van der Waals surface area contributed by atoms with Crippen LogP contribution in [0.4, 0.5) is 0 Å². The van der Waals surface area contributed by atoms with Crippen LogP contribution in [-0.4, -0.2) is 44.2 Å². The summed E-state index contributed by atoms with van der Waals surface area (Å²) < 4.78 is 25.6. The second-order valence-corrected chi connectivity index (χ2v) is 8.73. The van der Waals surface area contributed by atoms with Crippen LogP contribution in [0.15, 0.2) is 28.7 Å². The minimum absolute atomic E-state index is 0.390. The van der Waals surface area contributed by atoms with Crippen molar-refractivity contribution in [3.8, 4) is 0 Å². The van der Waals surface area contributed by atoms with Crippen molar-refractivity contribution in [3.05, 3.63) is 34.3 Å². The Morgan fingerprint density at radius 2 is 1.86 bits per heavy atom. The zero-order valence-electron chi connectivity index (χ0n) is 12.5. The lowest BCUT2D eigenvalue weighted by atomic mass is 10.0. The number of sulfonamides is 1. The Labute approximate surface area is 136 Å². The summed E-state index contributed by atoms with van der Waals surface area (Å²) in [5.74, 6) is 0. The first kappa shape index (κ1) is 16.9. The summed E-state index contributed by atoms with van der Waals surface area (Å²) in [6, 6.07) is 9.19. The van der Waals surface area contributed by atoms with E-state index in [-0.39, 0.29) is 0 Å². The molecule has 118 valence electrons. The fourth-order valence-electron chi connectivity index (χ4n) is 2.79. The minimum atomic E-state index is -3.03. The average molecular weight is 375 g/mol. The maximum absolute atomic E-state index is 11.5. The number of halogens is 1. The normalized spacial score (nSPS) is 19.6. The van der Waals surface area contributed by atoms with E-state index >= 15 is 0 Å². The summed E-state index contributed by atoms with van der Waals surface area (Å²) in [4.78, 5) is 0. The van der Waals surface area contributed by atoms with Gasteiger partial charge in [0.15, 0.2) is 0 Å². The molecule has 1 aromatic carbocycles. The van der Waals surface area contributed by atoms with E-state index < -0.39 is 10.0 Å². The van der Waals surface area contributed by atoms with Crippen LogP contribution in [0.5, 0.6) is 0 Å². The van der Waals surface area contributed by atoms with E-state index in [4.69, 9.17) is 0 Å². The zero-order chi connectivity index (χ0) is 15.5. The number of hydrogen-bond donors (Lipinski definition) is 1. The number of nitrogens with one attached hydrogen (secondary N) is 1. The largest absolute Gasteiger partial charge is 0.311 e. The van der Waals surface area contributed by atoms with Gasteiger partial charge in [-0.3, -0.25) is 0 Å². The van der Waals surface area contributed by atoms with Gasteiger partial charge in [-0.05, 0) is 43.9 Å². The summed E-state index contributed by atoms with van der Waals surface area (Å²) in [6.07, 6.45) is 4.05. The topological polar surface area (TPSA) is 49.4 Å². The second-order valence-electron chi connectivity index (χ2n) is 5.83. The van der Waals surface area contributed by atoms with Crippen molar-refractivity contribution in [2.24, 2.45) is 0 Å². The summed E-state index contributed by atoms with van der Waals surface area (Å²) >= 11 is 3.44. The molecule has 0 amide bonds. The number of piperidine rings is 1. The first-order valence-corrected chi connectivity index (χ1v) is 9.94. The molecule has 1 heterocycles.